The predicted octanol–water partition coefficient (Wildman–Crippen LogP) is 4.66. The van der Waals surface area contributed by atoms with Gasteiger partial charge in [0.1, 0.15) is 5.54 Å². The molecule has 0 saturated carbocycles. The van der Waals surface area contributed by atoms with Crippen LogP contribution in [0.2, 0.25) is 5.02 Å². The molecule has 25 heavy (non-hydrogen) atoms. The molecule has 0 amide bonds. The Balaban J connectivity index is 2.35. The normalized spacial score (nSPS) is 14.5. The molecule has 0 saturated heterocycles. The number of rotatable bonds is 5. The van der Waals surface area contributed by atoms with Crippen molar-refractivity contribution in [2.75, 3.05) is 12.4 Å². The summed E-state index contributed by atoms with van der Waals surface area (Å²) >= 11 is 6.09. The predicted molar refractivity (Wildman–Crippen MR) is 104 cm³/mol. The first kappa shape index (κ1) is 17.8. The van der Waals surface area contributed by atoms with Crippen LogP contribution >= 0.6 is 11.6 Å². The molecule has 1 aromatic heterocycles. The molecule has 4 nitrogen and oxygen atoms in total. The zero-order valence-electron chi connectivity index (χ0n) is 15.0. The fraction of sp³-hybridized carbons (Fsp3) is 0.350. The Morgan fingerprint density at radius 2 is 1.84 bits per heavy atom. The van der Waals surface area contributed by atoms with Crippen molar-refractivity contribution in [1.29, 1.82) is 0 Å². The van der Waals surface area contributed by atoms with Crippen molar-refractivity contribution in [2.45, 2.75) is 38.3 Å². The van der Waals surface area contributed by atoms with Crippen molar-refractivity contribution in [3.63, 3.8) is 0 Å². The second kappa shape index (κ2) is 6.36. The summed E-state index contributed by atoms with van der Waals surface area (Å²) in [7, 11) is 1.90. The molecule has 0 aliphatic heterocycles. The van der Waals surface area contributed by atoms with Gasteiger partial charge in [-0.25, -0.2) is 0 Å². The Morgan fingerprint density at radius 3 is 2.40 bits per heavy atom. The second-order valence-electron chi connectivity index (χ2n) is 6.82. The Labute approximate surface area is 153 Å². The van der Waals surface area contributed by atoms with E-state index in [0.29, 0.717) is 11.4 Å². The lowest BCUT2D eigenvalue weighted by molar-refractivity contribution is -0.0297. The maximum Gasteiger partial charge on any atom is 0.116 e. The maximum atomic E-state index is 11.2. The molecule has 0 fully saturated rings. The molecule has 0 radical (unpaired) electrons. The summed E-state index contributed by atoms with van der Waals surface area (Å²) in [6.45, 7) is 5.74. The maximum absolute atomic E-state index is 11.2. The number of hydrogen-bond acceptors (Lipinski definition) is 3. The first-order chi connectivity index (χ1) is 11.8. The monoisotopic (exact) mass is 357 g/mol. The van der Waals surface area contributed by atoms with Crippen LogP contribution < -0.4 is 5.32 Å². The fourth-order valence-electron chi connectivity index (χ4n) is 3.82. The molecule has 1 heterocycles. The fourth-order valence-corrected chi connectivity index (χ4v) is 3.95. The molecule has 0 aliphatic rings. The van der Waals surface area contributed by atoms with Crippen LogP contribution in [0.3, 0.4) is 0 Å². The third-order valence-corrected chi connectivity index (χ3v) is 5.34. The van der Waals surface area contributed by atoms with Crippen molar-refractivity contribution >= 4 is 28.2 Å². The molecular formula is C20H24ClN3O. The number of aromatic nitrogens is 2. The van der Waals surface area contributed by atoms with Crippen LogP contribution in [-0.2, 0) is 5.54 Å². The highest BCUT2D eigenvalue weighted by atomic mass is 35.5. The molecule has 0 aliphatic carbocycles. The standard InChI is InChI=1S/C20H24ClN3O/c1-5-20(19(2,3)25,14-9-11-15(21)12-10-14)24-18-8-6-7-17(22-4)16(18)13-23-24/h6-13,22,25H,5H2,1-4H3. The molecule has 2 N–H and O–H groups in total. The van der Waals surface area contributed by atoms with Crippen LogP contribution in [0.1, 0.15) is 32.8 Å². The zero-order chi connectivity index (χ0) is 18.2. The van der Waals surface area contributed by atoms with Crippen molar-refractivity contribution in [2.24, 2.45) is 0 Å². The smallest absolute Gasteiger partial charge is 0.116 e. The molecular weight excluding hydrogens is 334 g/mol. The van der Waals surface area contributed by atoms with Crippen LogP contribution in [0.4, 0.5) is 5.69 Å². The lowest BCUT2D eigenvalue weighted by Gasteiger charge is -2.44. The average molecular weight is 358 g/mol. The molecule has 0 spiro atoms. The third-order valence-electron chi connectivity index (χ3n) is 5.09. The second-order valence-corrected chi connectivity index (χ2v) is 7.26. The third kappa shape index (κ3) is 2.70. The van der Waals surface area contributed by atoms with Gasteiger partial charge in [0.2, 0.25) is 0 Å². The largest absolute Gasteiger partial charge is 0.388 e. The highest BCUT2D eigenvalue weighted by molar-refractivity contribution is 6.30. The highest BCUT2D eigenvalue weighted by Gasteiger charge is 2.47. The summed E-state index contributed by atoms with van der Waals surface area (Å²) in [5.41, 5.74) is 1.22. The molecule has 5 heteroatoms. The average Bonchev–Trinajstić information content (AvgIpc) is 3.01. The number of anilines is 1. The van der Waals surface area contributed by atoms with E-state index in [1.807, 2.05) is 74.2 Å². The number of hydrogen-bond donors (Lipinski definition) is 2. The number of nitrogens with one attached hydrogen (secondary N) is 1. The van der Waals surface area contributed by atoms with Crippen molar-refractivity contribution in [3.8, 4) is 0 Å². The van der Waals surface area contributed by atoms with Crippen LogP contribution in [0.15, 0.2) is 48.7 Å². The number of fused-ring (bicyclic) bond motifs is 1. The van der Waals surface area contributed by atoms with Gasteiger partial charge in [0.25, 0.3) is 0 Å². The van der Waals surface area contributed by atoms with E-state index in [0.717, 1.165) is 22.2 Å². The summed E-state index contributed by atoms with van der Waals surface area (Å²) < 4.78 is 1.95. The molecule has 1 atom stereocenters. The van der Waals surface area contributed by atoms with E-state index in [2.05, 4.69) is 12.2 Å². The summed E-state index contributed by atoms with van der Waals surface area (Å²) in [4.78, 5) is 0. The van der Waals surface area contributed by atoms with Gasteiger partial charge < -0.3 is 10.4 Å². The van der Waals surface area contributed by atoms with Crippen LogP contribution in [0.25, 0.3) is 10.9 Å². The van der Waals surface area contributed by atoms with Crippen molar-refractivity contribution in [1.82, 2.24) is 9.78 Å². The minimum atomic E-state index is -1.04. The number of benzene rings is 2. The first-order valence-electron chi connectivity index (χ1n) is 8.48. The van der Waals surface area contributed by atoms with Gasteiger partial charge in [0.05, 0.1) is 17.3 Å². The Bertz CT molecular complexity index is 880. The molecule has 3 rings (SSSR count). The van der Waals surface area contributed by atoms with Gasteiger partial charge in [-0.05, 0) is 50.1 Å². The molecule has 1 unspecified atom stereocenters. The van der Waals surface area contributed by atoms with E-state index >= 15 is 0 Å². The van der Waals surface area contributed by atoms with Crippen molar-refractivity contribution < 1.29 is 5.11 Å². The quantitative estimate of drug-likeness (QED) is 0.698. The Hall–Kier alpha value is -2.04. The SMILES string of the molecule is CCC(c1ccc(Cl)cc1)(n1ncc2c(NC)cccc21)C(C)(C)O. The van der Waals surface area contributed by atoms with Gasteiger partial charge in [-0.2, -0.15) is 5.10 Å². The lowest BCUT2D eigenvalue weighted by atomic mass is 9.74. The summed E-state index contributed by atoms with van der Waals surface area (Å²) in [5.74, 6) is 0. The molecule has 3 aromatic rings. The number of aliphatic hydroxyl groups is 1. The van der Waals surface area contributed by atoms with E-state index in [1.165, 1.54) is 0 Å². The van der Waals surface area contributed by atoms with Crippen LogP contribution in [0.5, 0.6) is 0 Å². The molecule has 0 bridgehead atoms. The molecule has 2 aromatic carbocycles. The van der Waals surface area contributed by atoms with Crippen molar-refractivity contribution in [3.05, 3.63) is 59.2 Å². The number of halogens is 1. The van der Waals surface area contributed by atoms with E-state index in [1.54, 1.807) is 0 Å². The van der Waals surface area contributed by atoms with Gasteiger partial charge in [0.15, 0.2) is 0 Å². The topological polar surface area (TPSA) is 50.1 Å². The summed E-state index contributed by atoms with van der Waals surface area (Å²) in [6.07, 6.45) is 2.53. The first-order valence-corrected chi connectivity index (χ1v) is 8.86. The Kier molecular flexibility index (Phi) is 4.52. The summed E-state index contributed by atoms with van der Waals surface area (Å²) in [5, 5.41) is 20.8. The molecule has 132 valence electrons. The minimum absolute atomic E-state index is 0.673. The van der Waals surface area contributed by atoms with Gasteiger partial charge >= 0.3 is 0 Å². The van der Waals surface area contributed by atoms with Gasteiger partial charge in [-0.15, -0.1) is 0 Å². The van der Waals surface area contributed by atoms with Gasteiger partial charge in [0, 0.05) is 23.1 Å². The lowest BCUT2D eigenvalue weighted by Crippen LogP contribution is -2.53. The van der Waals surface area contributed by atoms with Gasteiger partial charge in [-0.1, -0.05) is 36.7 Å². The zero-order valence-corrected chi connectivity index (χ0v) is 15.8. The minimum Gasteiger partial charge on any atom is -0.388 e. The van der Waals surface area contributed by atoms with Crippen LogP contribution in [-0.4, -0.2) is 27.5 Å². The van der Waals surface area contributed by atoms with Crippen LogP contribution in [0, 0.1) is 0 Å². The highest BCUT2D eigenvalue weighted by Crippen LogP contribution is 2.42. The van der Waals surface area contributed by atoms with E-state index < -0.39 is 11.1 Å². The number of nitrogens with zero attached hydrogens (tertiary/aromatic N) is 2. The van der Waals surface area contributed by atoms with E-state index in [9.17, 15) is 5.11 Å². The Morgan fingerprint density at radius 1 is 1.16 bits per heavy atom. The van der Waals surface area contributed by atoms with Gasteiger partial charge in [-0.3, -0.25) is 4.68 Å². The van der Waals surface area contributed by atoms with E-state index in [4.69, 9.17) is 16.7 Å². The van der Waals surface area contributed by atoms with E-state index in [-0.39, 0.29) is 0 Å². The summed E-state index contributed by atoms with van der Waals surface area (Å²) in [6, 6.07) is 13.7.